The summed E-state index contributed by atoms with van der Waals surface area (Å²) in [6.07, 6.45) is 2.20. The average molecular weight is 199 g/mol. The third-order valence-corrected chi connectivity index (χ3v) is 4.03. The molecule has 2 N–H and O–H groups in total. The Kier molecular flexibility index (Phi) is 3.96. The first kappa shape index (κ1) is 12.0. The third-order valence-electron chi connectivity index (χ3n) is 4.03. The maximum absolute atomic E-state index is 10.3. The van der Waals surface area contributed by atoms with Gasteiger partial charge in [-0.2, -0.15) is 0 Å². The number of hydrogen-bond acceptors (Lipinski definition) is 2. The number of piperidine rings is 1. The van der Waals surface area contributed by atoms with Gasteiger partial charge in [0.1, 0.15) is 0 Å². The minimum absolute atomic E-state index is 0.0314. The Balaban J connectivity index is 2.57. The molecule has 1 aliphatic rings. The molecule has 1 aliphatic heterocycles. The van der Waals surface area contributed by atoms with Crippen molar-refractivity contribution in [2.75, 3.05) is 13.1 Å². The minimum atomic E-state index is -0.171. The van der Waals surface area contributed by atoms with E-state index in [9.17, 15) is 5.11 Å². The van der Waals surface area contributed by atoms with Crippen molar-refractivity contribution in [2.45, 2.75) is 46.6 Å². The lowest BCUT2D eigenvalue weighted by molar-refractivity contribution is -0.0317. The molecule has 1 fully saturated rings. The van der Waals surface area contributed by atoms with Crippen LogP contribution in [0.2, 0.25) is 0 Å². The van der Waals surface area contributed by atoms with Crippen LogP contribution < -0.4 is 5.32 Å². The van der Waals surface area contributed by atoms with E-state index in [1.54, 1.807) is 0 Å². The van der Waals surface area contributed by atoms with E-state index in [0.29, 0.717) is 11.8 Å². The van der Waals surface area contributed by atoms with E-state index in [2.05, 4.69) is 33.0 Å². The summed E-state index contributed by atoms with van der Waals surface area (Å²) < 4.78 is 0. The molecule has 0 aliphatic carbocycles. The second-order valence-electron chi connectivity index (χ2n) is 5.53. The molecule has 2 atom stereocenters. The maximum atomic E-state index is 10.3. The summed E-state index contributed by atoms with van der Waals surface area (Å²) >= 11 is 0. The van der Waals surface area contributed by atoms with E-state index in [1.807, 2.05) is 0 Å². The number of nitrogens with one attached hydrogen (secondary N) is 1. The van der Waals surface area contributed by atoms with Gasteiger partial charge in [-0.15, -0.1) is 0 Å². The molecule has 0 radical (unpaired) electrons. The van der Waals surface area contributed by atoms with Crippen LogP contribution in [0.15, 0.2) is 0 Å². The Morgan fingerprint density at radius 1 is 1.36 bits per heavy atom. The van der Waals surface area contributed by atoms with E-state index in [1.165, 1.54) is 12.8 Å². The van der Waals surface area contributed by atoms with Crippen molar-refractivity contribution in [1.29, 1.82) is 0 Å². The molecule has 84 valence electrons. The Morgan fingerprint density at radius 2 is 2.00 bits per heavy atom. The molecule has 1 rings (SSSR count). The van der Waals surface area contributed by atoms with Gasteiger partial charge in [0.2, 0.25) is 0 Å². The molecule has 14 heavy (non-hydrogen) atoms. The highest BCUT2D eigenvalue weighted by atomic mass is 16.3. The van der Waals surface area contributed by atoms with Gasteiger partial charge >= 0.3 is 0 Å². The van der Waals surface area contributed by atoms with Crippen LogP contribution in [0.25, 0.3) is 0 Å². The van der Waals surface area contributed by atoms with Gasteiger partial charge in [0.05, 0.1) is 6.10 Å². The van der Waals surface area contributed by atoms with Crippen LogP contribution in [0.4, 0.5) is 0 Å². The lowest BCUT2D eigenvalue weighted by Crippen LogP contribution is -2.45. The molecular weight excluding hydrogens is 174 g/mol. The van der Waals surface area contributed by atoms with Crippen molar-refractivity contribution in [1.82, 2.24) is 5.32 Å². The number of rotatable bonds is 3. The number of hydrogen-bond donors (Lipinski definition) is 2. The van der Waals surface area contributed by atoms with Gasteiger partial charge in [-0.1, -0.05) is 27.7 Å². The second-order valence-corrected chi connectivity index (χ2v) is 5.53. The van der Waals surface area contributed by atoms with Crippen molar-refractivity contribution < 1.29 is 5.11 Å². The first-order valence-electron chi connectivity index (χ1n) is 5.85. The van der Waals surface area contributed by atoms with Gasteiger partial charge in [-0.3, -0.25) is 0 Å². The summed E-state index contributed by atoms with van der Waals surface area (Å²) in [6, 6.07) is 0. The average Bonchev–Trinajstić information content (AvgIpc) is 2.17. The van der Waals surface area contributed by atoms with Crippen molar-refractivity contribution in [3.8, 4) is 0 Å². The highest BCUT2D eigenvalue weighted by Gasteiger charge is 2.36. The number of aliphatic hydroxyl groups excluding tert-OH is 1. The lowest BCUT2D eigenvalue weighted by Gasteiger charge is -2.40. The van der Waals surface area contributed by atoms with Crippen LogP contribution in [0, 0.1) is 17.3 Å². The molecule has 2 nitrogen and oxygen atoms in total. The predicted octanol–water partition coefficient (Wildman–Crippen LogP) is 2.03. The minimum Gasteiger partial charge on any atom is -0.392 e. The quantitative estimate of drug-likeness (QED) is 0.729. The first-order chi connectivity index (χ1) is 6.46. The smallest absolute Gasteiger partial charge is 0.0633 e. The summed E-state index contributed by atoms with van der Waals surface area (Å²) in [7, 11) is 0. The van der Waals surface area contributed by atoms with E-state index in [0.717, 1.165) is 13.1 Å². The van der Waals surface area contributed by atoms with Crippen LogP contribution in [0.1, 0.15) is 40.5 Å². The van der Waals surface area contributed by atoms with Gasteiger partial charge in [0.15, 0.2) is 0 Å². The molecule has 0 aromatic carbocycles. The Labute approximate surface area is 88.1 Å². The van der Waals surface area contributed by atoms with Gasteiger partial charge in [-0.05, 0) is 36.6 Å². The highest BCUT2D eigenvalue weighted by Crippen LogP contribution is 2.35. The molecule has 1 heterocycles. The fraction of sp³-hybridized carbons (Fsp3) is 1.00. The van der Waals surface area contributed by atoms with Gasteiger partial charge in [-0.25, -0.2) is 0 Å². The zero-order chi connectivity index (χ0) is 10.8. The molecule has 0 amide bonds. The van der Waals surface area contributed by atoms with E-state index < -0.39 is 0 Å². The van der Waals surface area contributed by atoms with Crippen molar-refractivity contribution in [2.24, 2.45) is 17.3 Å². The largest absolute Gasteiger partial charge is 0.392 e. The number of aliphatic hydroxyl groups is 1. The Bertz CT molecular complexity index is 171. The molecule has 2 unspecified atom stereocenters. The van der Waals surface area contributed by atoms with Gasteiger partial charge in [0, 0.05) is 6.54 Å². The summed E-state index contributed by atoms with van der Waals surface area (Å²) in [5.74, 6) is 0.973. The third kappa shape index (κ3) is 2.48. The maximum Gasteiger partial charge on any atom is 0.0633 e. The summed E-state index contributed by atoms with van der Waals surface area (Å²) in [6.45, 7) is 10.8. The van der Waals surface area contributed by atoms with E-state index >= 15 is 0 Å². The molecule has 0 aromatic rings. The Hall–Kier alpha value is -0.0800. The molecule has 0 aromatic heterocycles. The second kappa shape index (κ2) is 4.63. The topological polar surface area (TPSA) is 32.3 Å². The predicted molar refractivity (Wildman–Crippen MR) is 60.2 cm³/mol. The normalized spacial score (nSPS) is 26.6. The van der Waals surface area contributed by atoms with Crippen LogP contribution in [0.5, 0.6) is 0 Å². The van der Waals surface area contributed by atoms with E-state index in [-0.39, 0.29) is 11.5 Å². The molecule has 0 saturated carbocycles. The Morgan fingerprint density at radius 3 is 2.43 bits per heavy atom. The van der Waals surface area contributed by atoms with Gasteiger partial charge < -0.3 is 10.4 Å². The van der Waals surface area contributed by atoms with Crippen LogP contribution in [-0.4, -0.2) is 24.3 Å². The van der Waals surface area contributed by atoms with E-state index in [4.69, 9.17) is 0 Å². The molecule has 1 saturated heterocycles. The standard InChI is InChI=1S/C12H25NO/c1-9(2)12(3,4)11(14)10-6-5-7-13-8-10/h9-11,13-14H,5-8H2,1-4H3. The van der Waals surface area contributed by atoms with Crippen molar-refractivity contribution in [3.05, 3.63) is 0 Å². The lowest BCUT2D eigenvalue weighted by atomic mass is 9.70. The SMILES string of the molecule is CC(C)C(C)(C)C(O)C1CCCNC1. The fourth-order valence-electron chi connectivity index (χ4n) is 2.10. The highest BCUT2D eigenvalue weighted by molar-refractivity contribution is 4.87. The van der Waals surface area contributed by atoms with Crippen molar-refractivity contribution >= 4 is 0 Å². The molecule has 0 bridgehead atoms. The van der Waals surface area contributed by atoms with Crippen LogP contribution in [0.3, 0.4) is 0 Å². The molecule has 2 heteroatoms. The fourth-order valence-corrected chi connectivity index (χ4v) is 2.10. The summed E-state index contributed by atoms with van der Waals surface area (Å²) in [4.78, 5) is 0. The summed E-state index contributed by atoms with van der Waals surface area (Å²) in [5, 5.41) is 13.7. The monoisotopic (exact) mass is 199 g/mol. The van der Waals surface area contributed by atoms with Crippen LogP contribution in [-0.2, 0) is 0 Å². The molecular formula is C12H25NO. The zero-order valence-electron chi connectivity index (χ0n) is 10.0. The molecule has 0 spiro atoms. The van der Waals surface area contributed by atoms with Crippen molar-refractivity contribution in [3.63, 3.8) is 0 Å². The first-order valence-corrected chi connectivity index (χ1v) is 5.85. The van der Waals surface area contributed by atoms with Crippen LogP contribution >= 0.6 is 0 Å². The van der Waals surface area contributed by atoms with Gasteiger partial charge in [0.25, 0.3) is 0 Å². The summed E-state index contributed by atoms with van der Waals surface area (Å²) in [5.41, 5.74) is 0.0314. The zero-order valence-corrected chi connectivity index (χ0v) is 10.0.